The number of pyridine rings is 2. The molecule has 3 heterocycles. The van der Waals surface area contributed by atoms with Crippen molar-refractivity contribution in [3.8, 4) is 0 Å². The Morgan fingerprint density at radius 3 is 2.63 bits per heavy atom. The predicted octanol–water partition coefficient (Wildman–Crippen LogP) is 3.22. The van der Waals surface area contributed by atoms with Crippen LogP contribution in [0.3, 0.4) is 0 Å². The van der Waals surface area contributed by atoms with E-state index in [9.17, 15) is 4.79 Å². The van der Waals surface area contributed by atoms with Gasteiger partial charge in [-0.1, -0.05) is 30.3 Å². The van der Waals surface area contributed by atoms with E-state index in [0.29, 0.717) is 6.42 Å². The third-order valence-corrected chi connectivity index (χ3v) is 4.86. The molecule has 0 fully saturated rings. The van der Waals surface area contributed by atoms with Crippen molar-refractivity contribution in [2.75, 3.05) is 11.9 Å². The van der Waals surface area contributed by atoms with E-state index in [-0.39, 0.29) is 5.91 Å². The molecule has 3 aromatic rings. The van der Waals surface area contributed by atoms with Crippen LogP contribution in [0.1, 0.15) is 22.3 Å². The molecule has 1 aromatic carbocycles. The summed E-state index contributed by atoms with van der Waals surface area (Å²) in [5.41, 5.74) is 5.51. The molecule has 0 bridgehead atoms. The third-order valence-electron chi connectivity index (χ3n) is 4.86. The van der Waals surface area contributed by atoms with E-state index < -0.39 is 0 Å². The minimum atomic E-state index is -0.0249. The Labute approximate surface area is 159 Å². The van der Waals surface area contributed by atoms with Gasteiger partial charge in [0.1, 0.15) is 0 Å². The second-order valence-electron chi connectivity index (χ2n) is 6.85. The lowest BCUT2D eigenvalue weighted by molar-refractivity contribution is -0.115. The van der Waals surface area contributed by atoms with Gasteiger partial charge in [0, 0.05) is 38.2 Å². The lowest BCUT2D eigenvalue weighted by Gasteiger charge is -2.29. The number of nitrogens with one attached hydrogen (secondary N) is 1. The minimum Gasteiger partial charge on any atom is -0.324 e. The highest BCUT2D eigenvalue weighted by Crippen LogP contribution is 2.26. The van der Waals surface area contributed by atoms with Crippen LogP contribution in [0, 0.1) is 0 Å². The number of nitrogens with zero attached hydrogens (tertiary/aromatic N) is 3. The van der Waals surface area contributed by atoms with Crippen LogP contribution in [0.4, 0.5) is 5.69 Å². The molecular formula is C22H22N4O. The molecule has 5 nitrogen and oxygen atoms in total. The van der Waals surface area contributed by atoms with Crippen LogP contribution in [0.15, 0.2) is 67.3 Å². The van der Waals surface area contributed by atoms with Gasteiger partial charge >= 0.3 is 0 Å². The van der Waals surface area contributed by atoms with Gasteiger partial charge in [-0.2, -0.15) is 0 Å². The SMILES string of the molecule is O=C(Cc1ccncc1)Nc1cncc2c1CCN(Cc1ccccc1)C2. The monoisotopic (exact) mass is 358 g/mol. The first-order valence-electron chi connectivity index (χ1n) is 9.19. The summed E-state index contributed by atoms with van der Waals surface area (Å²) in [6.07, 6.45) is 8.34. The van der Waals surface area contributed by atoms with Crippen LogP contribution >= 0.6 is 0 Å². The molecule has 27 heavy (non-hydrogen) atoms. The molecule has 136 valence electrons. The Bertz CT molecular complexity index is 912. The summed E-state index contributed by atoms with van der Waals surface area (Å²) in [4.78, 5) is 23.2. The second kappa shape index (κ2) is 8.10. The van der Waals surface area contributed by atoms with E-state index in [2.05, 4.69) is 44.5 Å². The van der Waals surface area contributed by atoms with Gasteiger partial charge in [-0.25, -0.2) is 0 Å². The predicted molar refractivity (Wildman–Crippen MR) is 105 cm³/mol. The molecule has 2 aromatic heterocycles. The summed E-state index contributed by atoms with van der Waals surface area (Å²) < 4.78 is 0. The van der Waals surface area contributed by atoms with E-state index in [1.54, 1.807) is 18.6 Å². The Morgan fingerprint density at radius 1 is 1.00 bits per heavy atom. The van der Waals surface area contributed by atoms with Gasteiger partial charge in [0.05, 0.1) is 18.3 Å². The maximum atomic E-state index is 12.4. The number of hydrogen-bond donors (Lipinski definition) is 1. The Balaban J connectivity index is 1.43. The Kier molecular flexibility index (Phi) is 5.21. The molecule has 1 N–H and O–H groups in total. The van der Waals surface area contributed by atoms with E-state index in [0.717, 1.165) is 37.3 Å². The highest BCUT2D eigenvalue weighted by Gasteiger charge is 2.20. The molecule has 0 unspecified atom stereocenters. The molecule has 4 rings (SSSR count). The molecular weight excluding hydrogens is 336 g/mol. The van der Waals surface area contributed by atoms with E-state index >= 15 is 0 Å². The number of anilines is 1. The molecule has 0 atom stereocenters. The number of amides is 1. The zero-order valence-electron chi connectivity index (χ0n) is 15.1. The molecule has 1 aliphatic heterocycles. The van der Waals surface area contributed by atoms with Crippen molar-refractivity contribution in [2.24, 2.45) is 0 Å². The van der Waals surface area contributed by atoms with Crippen LogP contribution in [0.5, 0.6) is 0 Å². The second-order valence-corrected chi connectivity index (χ2v) is 6.85. The lowest BCUT2D eigenvalue weighted by Crippen LogP contribution is -2.31. The quantitative estimate of drug-likeness (QED) is 0.761. The van der Waals surface area contributed by atoms with Crippen molar-refractivity contribution in [1.29, 1.82) is 0 Å². The molecule has 0 spiro atoms. The highest BCUT2D eigenvalue weighted by atomic mass is 16.1. The van der Waals surface area contributed by atoms with Gasteiger partial charge in [0.15, 0.2) is 0 Å². The van der Waals surface area contributed by atoms with Crippen LogP contribution in [-0.4, -0.2) is 27.3 Å². The number of rotatable bonds is 5. The maximum absolute atomic E-state index is 12.4. The zero-order valence-corrected chi connectivity index (χ0v) is 15.1. The topological polar surface area (TPSA) is 58.1 Å². The molecule has 0 saturated carbocycles. The first-order chi connectivity index (χ1) is 13.3. The van der Waals surface area contributed by atoms with E-state index in [4.69, 9.17) is 0 Å². The first kappa shape index (κ1) is 17.4. The molecule has 0 aliphatic carbocycles. The zero-order chi connectivity index (χ0) is 18.5. The number of carbonyl (C=O) groups is 1. The van der Waals surface area contributed by atoms with Gasteiger partial charge in [0.2, 0.25) is 5.91 Å². The van der Waals surface area contributed by atoms with Gasteiger partial charge in [-0.15, -0.1) is 0 Å². The van der Waals surface area contributed by atoms with Crippen LogP contribution in [-0.2, 0) is 30.7 Å². The fourth-order valence-electron chi connectivity index (χ4n) is 3.52. The smallest absolute Gasteiger partial charge is 0.228 e. The third kappa shape index (κ3) is 4.38. The number of fused-ring (bicyclic) bond motifs is 1. The average molecular weight is 358 g/mol. The number of carbonyl (C=O) groups excluding carboxylic acids is 1. The average Bonchev–Trinajstić information content (AvgIpc) is 2.69. The van der Waals surface area contributed by atoms with Gasteiger partial charge in [-0.3, -0.25) is 19.7 Å². The fourth-order valence-corrected chi connectivity index (χ4v) is 3.52. The fraction of sp³-hybridized carbons (Fsp3) is 0.227. The van der Waals surface area contributed by atoms with E-state index in [1.165, 1.54) is 16.7 Å². The summed E-state index contributed by atoms with van der Waals surface area (Å²) in [5.74, 6) is -0.0249. The van der Waals surface area contributed by atoms with Crippen molar-refractivity contribution in [2.45, 2.75) is 25.9 Å². The van der Waals surface area contributed by atoms with Crippen molar-refractivity contribution in [1.82, 2.24) is 14.9 Å². The summed E-state index contributed by atoms with van der Waals surface area (Å²) >= 11 is 0. The Morgan fingerprint density at radius 2 is 1.81 bits per heavy atom. The van der Waals surface area contributed by atoms with Crippen molar-refractivity contribution < 1.29 is 4.79 Å². The van der Waals surface area contributed by atoms with Crippen molar-refractivity contribution in [3.63, 3.8) is 0 Å². The normalized spacial score (nSPS) is 13.8. The van der Waals surface area contributed by atoms with Crippen LogP contribution in [0.25, 0.3) is 0 Å². The first-order valence-corrected chi connectivity index (χ1v) is 9.19. The number of aromatic nitrogens is 2. The van der Waals surface area contributed by atoms with Gasteiger partial charge < -0.3 is 5.32 Å². The van der Waals surface area contributed by atoms with E-state index in [1.807, 2.05) is 24.4 Å². The largest absolute Gasteiger partial charge is 0.324 e. The van der Waals surface area contributed by atoms with Gasteiger partial charge in [0.25, 0.3) is 0 Å². The summed E-state index contributed by atoms with van der Waals surface area (Å²) in [7, 11) is 0. The lowest BCUT2D eigenvalue weighted by atomic mass is 9.99. The summed E-state index contributed by atoms with van der Waals surface area (Å²) in [6, 6.07) is 14.2. The molecule has 0 saturated heterocycles. The maximum Gasteiger partial charge on any atom is 0.228 e. The number of benzene rings is 1. The minimum absolute atomic E-state index is 0.0249. The summed E-state index contributed by atoms with van der Waals surface area (Å²) in [5, 5.41) is 3.04. The van der Waals surface area contributed by atoms with Crippen molar-refractivity contribution in [3.05, 3.63) is 89.5 Å². The van der Waals surface area contributed by atoms with Gasteiger partial charge in [-0.05, 0) is 40.8 Å². The molecule has 1 amide bonds. The summed E-state index contributed by atoms with van der Waals surface area (Å²) in [6.45, 7) is 2.75. The molecule has 5 heteroatoms. The van der Waals surface area contributed by atoms with Crippen LogP contribution in [0.2, 0.25) is 0 Å². The highest BCUT2D eigenvalue weighted by molar-refractivity contribution is 5.93. The number of hydrogen-bond acceptors (Lipinski definition) is 4. The Hall–Kier alpha value is -3.05. The van der Waals surface area contributed by atoms with Crippen molar-refractivity contribution >= 4 is 11.6 Å². The molecule has 0 radical (unpaired) electrons. The molecule has 1 aliphatic rings. The standard InChI is InChI=1S/C22H22N4O/c27-22(12-17-6-9-23-10-7-17)25-21-14-24-13-19-16-26(11-8-20(19)21)15-18-4-2-1-3-5-18/h1-7,9-10,13-14H,8,11-12,15-16H2,(H,25,27). The van der Waals surface area contributed by atoms with Crippen LogP contribution < -0.4 is 5.32 Å².